The molecular weight excluding hydrogens is 561 g/mol. The van der Waals surface area contributed by atoms with Crippen LogP contribution in [-0.2, 0) is 16.1 Å². The Hall–Kier alpha value is -2.89. The number of benzene rings is 3. The average molecular weight is 615 g/mol. The smallest absolute Gasteiger partial charge is 0.308 e. The molecule has 4 nitrogen and oxygen atoms in total. The van der Waals surface area contributed by atoms with Crippen molar-refractivity contribution < 1.29 is 19.4 Å². The van der Waals surface area contributed by atoms with Crippen LogP contribution in [0.1, 0.15) is 89.2 Å². The fourth-order valence-electron chi connectivity index (χ4n) is 6.76. The van der Waals surface area contributed by atoms with E-state index < -0.39 is 8.07 Å². The monoisotopic (exact) mass is 614 g/mol. The molecule has 0 heterocycles. The normalized spacial score (nSPS) is 17.1. The Morgan fingerprint density at radius 3 is 2.02 bits per heavy atom. The van der Waals surface area contributed by atoms with Crippen LogP contribution < -0.4 is 4.74 Å². The minimum absolute atomic E-state index is 0.179. The molecule has 4 rings (SSSR count). The van der Waals surface area contributed by atoms with Gasteiger partial charge in [0.2, 0.25) is 0 Å². The quantitative estimate of drug-likeness (QED) is 0.105. The zero-order valence-corrected chi connectivity index (χ0v) is 28.7. The molecule has 0 radical (unpaired) electrons. The maximum atomic E-state index is 12.2. The van der Waals surface area contributed by atoms with Crippen molar-refractivity contribution >= 4 is 14.0 Å². The molecule has 1 aliphatic rings. The number of ether oxygens (including phenoxy) is 2. The highest BCUT2D eigenvalue weighted by Gasteiger charge is 2.34. The average Bonchev–Trinajstić information content (AvgIpc) is 3.04. The van der Waals surface area contributed by atoms with Crippen molar-refractivity contribution in [2.75, 3.05) is 13.2 Å². The summed E-state index contributed by atoms with van der Waals surface area (Å²) in [7, 11) is -1.08. The van der Waals surface area contributed by atoms with Gasteiger partial charge in [-0.3, -0.25) is 4.79 Å². The van der Waals surface area contributed by atoms with Gasteiger partial charge in [0.1, 0.15) is 12.4 Å². The highest BCUT2D eigenvalue weighted by molar-refractivity contribution is 6.78. The molecule has 0 bridgehead atoms. The number of unbranched alkanes of at least 4 members (excludes halogenated alkanes) is 2. The van der Waals surface area contributed by atoms with Crippen molar-refractivity contribution in [2.45, 2.75) is 109 Å². The maximum absolute atomic E-state index is 12.2. The maximum Gasteiger partial charge on any atom is 0.308 e. The molecule has 0 spiro atoms. The van der Waals surface area contributed by atoms with Gasteiger partial charge in [0.05, 0.1) is 20.6 Å². The second-order valence-corrected chi connectivity index (χ2v) is 19.0. The first-order valence-electron chi connectivity index (χ1n) is 17.0. The van der Waals surface area contributed by atoms with Gasteiger partial charge in [-0.2, -0.15) is 0 Å². The van der Waals surface area contributed by atoms with Crippen LogP contribution in [0.3, 0.4) is 0 Å². The summed E-state index contributed by atoms with van der Waals surface area (Å²) in [6.07, 6.45) is 9.40. The highest BCUT2D eigenvalue weighted by atomic mass is 28.3. The Bertz CT molecular complexity index is 1300. The molecule has 3 aromatic rings. The number of aliphatic hydroxyl groups is 1. The van der Waals surface area contributed by atoms with Gasteiger partial charge in [-0.15, -0.1) is 0 Å². The summed E-state index contributed by atoms with van der Waals surface area (Å²) in [6, 6.07) is 25.6. The van der Waals surface area contributed by atoms with Crippen molar-refractivity contribution in [3.05, 3.63) is 77.9 Å². The van der Waals surface area contributed by atoms with E-state index in [-0.39, 0.29) is 25.1 Å². The Kier molecular flexibility index (Phi) is 12.7. The first-order chi connectivity index (χ1) is 21.2. The Morgan fingerprint density at radius 1 is 0.841 bits per heavy atom. The molecule has 1 saturated carbocycles. The third-order valence-corrected chi connectivity index (χ3v) is 14.2. The fraction of sp³-hybridized carbons (Fsp3) is 0.513. The van der Waals surface area contributed by atoms with Crippen LogP contribution in [0.4, 0.5) is 0 Å². The summed E-state index contributed by atoms with van der Waals surface area (Å²) >= 11 is 0. The van der Waals surface area contributed by atoms with Crippen molar-refractivity contribution in [1.29, 1.82) is 0 Å². The van der Waals surface area contributed by atoms with Crippen LogP contribution in [0.25, 0.3) is 22.3 Å². The minimum Gasteiger partial charge on any atom is -0.493 e. The molecule has 0 atom stereocenters. The number of aliphatic hydroxyl groups excluding tert-OH is 1. The van der Waals surface area contributed by atoms with Gasteiger partial charge in [0.15, 0.2) is 0 Å². The number of carbonyl (C=O) groups is 1. The van der Waals surface area contributed by atoms with Crippen LogP contribution in [0.15, 0.2) is 66.7 Å². The van der Waals surface area contributed by atoms with Crippen molar-refractivity contribution in [3.8, 4) is 28.0 Å². The second kappa shape index (κ2) is 16.4. The van der Waals surface area contributed by atoms with Gasteiger partial charge in [0.25, 0.3) is 0 Å². The van der Waals surface area contributed by atoms with Crippen LogP contribution in [0.5, 0.6) is 5.75 Å². The Morgan fingerprint density at radius 2 is 1.43 bits per heavy atom. The summed E-state index contributed by atoms with van der Waals surface area (Å²) in [5, 5.41) is 9.03. The lowest BCUT2D eigenvalue weighted by Crippen LogP contribution is -2.34. The van der Waals surface area contributed by atoms with E-state index in [0.29, 0.717) is 12.5 Å². The molecule has 1 aliphatic carbocycles. The predicted octanol–water partition coefficient (Wildman–Crippen LogP) is 10.4. The SMILES string of the molecule is CCC[Si](C)(C)C1CCC(c2ccc(-c3ccc(-c4ccc(OCCCCCO)c(COC(=O)C(C)C)c4)cc3)cc2)CC1. The van der Waals surface area contributed by atoms with E-state index in [1.807, 2.05) is 19.9 Å². The summed E-state index contributed by atoms with van der Waals surface area (Å²) in [6.45, 7) is 12.2. The molecule has 0 aliphatic heterocycles. The standard InChI is InChI=1S/C39H54O4Si/c1-6-26-44(4,5)37-21-18-33(19-22-37)32-12-10-30(11-13-32)31-14-16-34(17-15-31)35-20-23-38(42-25-9-7-8-24-40)36(27-35)28-43-39(41)29(2)3/h10-17,20,23,27,29,33,37,40H,6-9,18-19,21-22,24-26,28H2,1-5H3. The molecule has 44 heavy (non-hydrogen) atoms. The van der Waals surface area contributed by atoms with Crippen molar-refractivity contribution in [2.24, 2.45) is 5.92 Å². The van der Waals surface area contributed by atoms with Crippen LogP contribution in [0.2, 0.25) is 24.7 Å². The Labute approximate surface area is 267 Å². The van der Waals surface area contributed by atoms with Gasteiger partial charge >= 0.3 is 5.97 Å². The summed E-state index contributed by atoms with van der Waals surface area (Å²) in [4.78, 5) is 12.2. The number of hydrogen-bond acceptors (Lipinski definition) is 4. The van der Waals surface area contributed by atoms with Crippen LogP contribution >= 0.6 is 0 Å². The predicted molar refractivity (Wildman–Crippen MR) is 186 cm³/mol. The third kappa shape index (κ3) is 9.31. The molecule has 1 N–H and O–H groups in total. The molecule has 0 amide bonds. The molecule has 0 saturated heterocycles. The van der Waals surface area contributed by atoms with E-state index >= 15 is 0 Å². The zero-order valence-electron chi connectivity index (χ0n) is 27.7. The van der Waals surface area contributed by atoms with Gasteiger partial charge in [-0.1, -0.05) is 114 Å². The molecule has 238 valence electrons. The third-order valence-electron chi connectivity index (χ3n) is 9.62. The lowest BCUT2D eigenvalue weighted by Gasteiger charge is -2.38. The zero-order chi connectivity index (χ0) is 31.5. The second-order valence-electron chi connectivity index (χ2n) is 13.7. The van der Waals surface area contributed by atoms with Gasteiger partial charge in [-0.25, -0.2) is 0 Å². The molecule has 0 unspecified atom stereocenters. The van der Waals surface area contributed by atoms with Crippen LogP contribution in [-0.4, -0.2) is 32.4 Å². The number of hydrogen-bond donors (Lipinski definition) is 1. The minimum atomic E-state index is -1.08. The first kappa shape index (κ1) is 34.0. The van der Waals surface area contributed by atoms with Crippen molar-refractivity contribution in [1.82, 2.24) is 0 Å². The summed E-state index contributed by atoms with van der Waals surface area (Å²) in [5.74, 6) is 1.05. The molecule has 1 fully saturated rings. The molecular formula is C39H54O4Si. The van der Waals surface area contributed by atoms with E-state index in [1.54, 1.807) is 0 Å². The first-order valence-corrected chi connectivity index (χ1v) is 20.2. The van der Waals surface area contributed by atoms with Crippen molar-refractivity contribution in [3.63, 3.8) is 0 Å². The lowest BCUT2D eigenvalue weighted by molar-refractivity contribution is -0.148. The number of rotatable bonds is 15. The Balaban J connectivity index is 1.41. The molecule has 3 aromatic carbocycles. The van der Waals surface area contributed by atoms with Crippen LogP contribution in [0, 0.1) is 5.92 Å². The largest absolute Gasteiger partial charge is 0.493 e. The fourth-order valence-corrected chi connectivity index (χ4v) is 10.4. The number of carbonyl (C=O) groups excluding carboxylic acids is 1. The number of esters is 1. The van der Waals surface area contributed by atoms with E-state index in [1.165, 1.54) is 54.8 Å². The van der Waals surface area contributed by atoms with Gasteiger partial charge in [-0.05, 0) is 83.5 Å². The van der Waals surface area contributed by atoms with E-state index in [4.69, 9.17) is 14.6 Å². The lowest BCUT2D eigenvalue weighted by atomic mass is 9.83. The van der Waals surface area contributed by atoms with Gasteiger partial charge < -0.3 is 14.6 Å². The van der Waals surface area contributed by atoms with Gasteiger partial charge in [0, 0.05) is 12.2 Å². The summed E-state index contributed by atoms with van der Waals surface area (Å²) < 4.78 is 11.6. The topological polar surface area (TPSA) is 55.8 Å². The van der Waals surface area contributed by atoms with E-state index in [0.717, 1.165) is 47.2 Å². The molecule has 0 aromatic heterocycles. The van der Waals surface area contributed by atoms with E-state index in [2.05, 4.69) is 80.7 Å². The summed E-state index contributed by atoms with van der Waals surface area (Å²) in [5.41, 5.74) is 8.00. The molecule has 5 heteroatoms. The highest BCUT2D eigenvalue weighted by Crippen LogP contribution is 2.45. The van der Waals surface area contributed by atoms with E-state index in [9.17, 15) is 4.79 Å².